The van der Waals surface area contributed by atoms with Crippen molar-refractivity contribution >= 4 is 11.6 Å². The van der Waals surface area contributed by atoms with Gasteiger partial charge in [-0.3, -0.25) is 9.59 Å². The van der Waals surface area contributed by atoms with Gasteiger partial charge in [-0.15, -0.1) is 0 Å². The van der Waals surface area contributed by atoms with Crippen LogP contribution in [-0.4, -0.2) is 23.7 Å². The Bertz CT molecular complexity index is 472. The predicted molar refractivity (Wildman–Crippen MR) is 79.3 cm³/mol. The molecule has 1 unspecified atom stereocenters. The number of hydrogen-bond donors (Lipinski definition) is 2. The van der Waals surface area contributed by atoms with Crippen LogP contribution in [0.15, 0.2) is 35.3 Å². The largest absolute Gasteiger partial charge is 0.507 e. The molecule has 1 aliphatic rings. The second-order valence-electron chi connectivity index (χ2n) is 5.03. The number of carbonyl (C=O) groups excluding carboxylic acids is 2. The molecule has 1 rings (SSSR count). The van der Waals surface area contributed by atoms with E-state index in [9.17, 15) is 14.7 Å². The lowest BCUT2D eigenvalue weighted by Crippen LogP contribution is -2.20. The van der Waals surface area contributed by atoms with Gasteiger partial charge in [-0.2, -0.15) is 0 Å². The van der Waals surface area contributed by atoms with E-state index >= 15 is 0 Å². The van der Waals surface area contributed by atoms with Crippen molar-refractivity contribution in [3.8, 4) is 0 Å². The zero-order valence-corrected chi connectivity index (χ0v) is 12.4. The van der Waals surface area contributed by atoms with E-state index in [1.807, 2.05) is 26.2 Å². The first-order valence-electron chi connectivity index (χ1n) is 7.03. The summed E-state index contributed by atoms with van der Waals surface area (Å²) in [5.41, 5.74) is 0.872. The summed E-state index contributed by atoms with van der Waals surface area (Å²) in [5.74, 6) is -0.501. The highest BCUT2D eigenvalue weighted by molar-refractivity contribution is 6.21. The van der Waals surface area contributed by atoms with Crippen LogP contribution in [0, 0.1) is 5.92 Å². The highest BCUT2D eigenvalue weighted by atomic mass is 16.3. The first-order chi connectivity index (χ1) is 9.51. The molecule has 0 aromatic carbocycles. The molecule has 0 aliphatic heterocycles. The predicted octanol–water partition coefficient (Wildman–Crippen LogP) is 2.83. The Morgan fingerprint density at radius 2 is 2.25 bits per heavy atom. The Hall–Kier alpha value is -1.84. The number of hydrogen-bond acceptors (Lipinski definition) is 4. The van der Waals surface area contributed by atoms with E-state index in [0.717, 1.165) is 18.4 Å². The summed E-state index contributed by atoms with van der Waals surface area (Å²) in [7, 11) is 1.84. The summed E-state index contributed by atoms with van der Waals surface area (Å²) < 4.78 is 0. The zero-order valence-electron chi connectivity index (χ0n) is 12.4. The van der Waals surface area contributed by atoms with Crippen LogP contribution in [0.25, 0.3) is 0 Å². The molecule has 0 aromatic heterocycles. The van der Waals surface area contributed by atoms with Gasteiger partial charge < -0.3 is 10.4 Å². The number of carbonyl (C=O) groups is 2. The summed E-state index contributed by atoms with van der Waals surface area (Å²) in [6.07, 6.45) is 7.78. The third kappa shape index (κ3) is 4.08. The molecule has 2 N–H and O–H groups in total. The number of aliphatic hydroxyl groups is 1. The lowest BCUT2D eigenvalue weighted by atomic mass is 9.85. The maximum Gasteiger partial charge on any atom is 0.174 e. The van der Waals surface area contributed by atoms with Crippen LogP contribution in [0.1, 0.15) is 39.5 Å². The normalized spacial score (nSPS) is 17.4. The van der Waals surface area contributed by atoms with Crippen LogP contribution in [0.2, 0.25) is 0 Å². The molecule has 0 saturated heterocycles. The van der Waals surface area contributed by atoms with Crippen molar-refractivity contribution in [3.63, 3.8) is 0 Å². The quantitative estimate of drug-likeness (QED) is 0.702. The molecule has 4 nitrogen and oxygen atoms in total. The van der Waals surface area contributed by atoms with Crippen molar-refractivity contribution in [1.29, 1.82) is 0 Å². The van der Waals surface area contributed by atoms with Gasteiger partial charge in [-0.1, -0.05) is 25.5 Å². The Morgan fingerprint density at radius 3 is 2.80 bits per heavy atom. The number of rotatable bonds is 7. The maximum absolute atomic E-state index is 12.0. The summed E-state index contributed by atoms with van der Waals surface area (Å²) in [6, 6.07) is 0. The molecule has 110 valence electrons. The molecule has 0 bridgehead atoms. The summed E-state index contributed by atoms with van der Waals surface area (Å²) in [4.78, 5) is 23.6. The van der Waals surface area contributed by atoms with E-state index < -0.39 is 0 Å². The Morgan fingerprint density at radius 1 is 1.55 bits per heavy atom. The van der Waals surface area contributed by atoms with Crippen LogP contribution >= 0.6 is 0 Å². The standard InChI is InChI=1S/C16H23NO3/c1-4-13(18)16-14(19)9-12(10-15(16)20)11(2)7-5-6-8-17-3/h6,8-9,11,17,19H,4-5,7,10H2,1-3H3/b8-6+. The van der Waals surface area contributed by atoms with Crippen molar-refractivity contribution < 1.29 is 14.7 Å². The number of ketones is 2. The van der Waals surface area contributed by atoms with Gasteiger partial charge in [0.2, 0.25) is 0 Å². The van der Waals surface area contributed by atoms with Crippen molar-refractivity contribution in [2.45, 2.75) is 39.5 Å². The average molecular weight is 277 g/mol. The molecular formula is C16H23NO3. The van der Waals surface area contributed by atoms with Gasteiger partial charge in [-0.25, -0.2) is 0 Å². The Labute approximate surface area is 120 Å². The molecule has 0 saturated carbocycles. The first-order valence-corrected chi connectivity index (χ1v) is 7.03. The van der Waals surface area contributed by atoms with Crippen LogP contribution < -0.4 is 5.32 Å². The SMILES string of the molecule is CCC(=O)C1=C(O)C=C(C(C)CC/C=C/NC)CC1=O. The monoisotopic (exact) mass is 277 g/mol. The summed E-state index contributed by atoms with van der Waals surface area (Å²) >= 11 is 0. The smallest absolute Gasteiger partial charge is 0.174 e. The maximum atomic E-state index is 12.0. The molecule has 0 aromatic rings. The van der Waals surface area contributed by atoms with E-state index in [4.69, 9.17) is 0 Å². The highest BCUT2D eigenvalue weighted by Crippen LogP contribution is 2.28. The number of aliphatic hydroxyl groups excluding tert-OH is 1. The van der Waals surface area contributed by atoms with Gasteiger partial charge in [-0.05, 0) is 31.0 Å². The molecule has 0 radical (unpaired) electrons. The second-order valence-corrected chi connectivity index (χ2v) is 5.03. The molecule has 0 heterocycles. The lowest BCUT2D eigenvalue weighted by Gasteiger charge is -2.20. The second kappa shape index (κ2) is 7.68. The zero-order chi connectivity index (χ0) is 15.1. The molecular weight excluding hydrogens is 254 g/mol. The van der Waals surface area contributed by atoms with E-state index in [1.54, 1.807) is 13.0 Å². The molecule has 4 heteroatoms. The van der Waals surface area contributed by atoms with E-state index in [2.05, 4.69) is 5.32 Å². The van der Waals surface area contributed by atoms with Crippen LogP contribution in [0.5, 0.6) is 0 Å². The topological polar surface area (TPSA) is 66.4 Å². The van der Waals surface area contributed by atoms with Gasteiger partial charge in [0.15, 0.2) is 11.6 Å². The molecule has 0 fully saturated rings. The molecule has 0 spiro atoms. The Balaban J connectivity index is 2.78. The minimum atomic E-state index is -0.285. The van der Waals surface area contributed by atoms with Crippen molar-refractivity contribution in [1.82, 2.24) is 5.32 Å². The summed E-state index contributed by atoms with van der Waals surface area (Å²) in [6.45, 7) is 3.72. The van der Waals surface area contributed by atoms with E-state index in [-0.39, 0.29) is 41.7 Å². The van der Waals surface area contributed by atoms with Gasteiger partial charge >= 0.3 is 0 Å². The molecule has 1 aliphatic carbocycles. The minimum absolute atomic E-state index is 0.0291. The third-order valence-corrected chi connectivity index (χ3v) is 3.51. The fourth-order valence-electron chi connectivity index (χ4n) is 2.24. The van der Waals surface area contributed by atoms with Crippen LogP contribution in [-0.2, 0) is 9.59 Å². The minimum Gasteiger partial charge on any atom is -0.507 e. The van der Waals surface area contributed by atoms with Crippen LogP contribution in [0.3, 0.4) is 0 Å². The van der Waals surface area contributed by atoms with Crippen molar-refractivity contribution in [2.24, 2.45) is 5.92 Å². The van der Waals surface area contributed by atoms with Crippen molar-refractivity contribution in [3.05, 3.63) is 35.3 Å². The lowest BCUT2D eigenvalue weighted by molar-refractivity contribution is -0.121. The number of allylic oxidation sites excluding steroid dienone is 4. The number of nitrogens with one attached hydrogen (secondary N) is 1. The molecule has 0 amide bonds. The van der Waals surface area contributed by atoms with Gasteiger partial charge in [0, 0.05) is 19.9 Å². The average Bonchev–Trinajstić information content (AvgIpc) is 2.42. The number of Topliss-reactive ketones (excluding diaryl/α,β-unsaturated/α-hetero) is 2. The summed E-state index contributed by atoms with van der Waals surface area (Å²) in [5, 5.41) is 12.8. The van der Waals surface area contributed by atoms with Crippen molar-refractivity contribution in [2.75, 3.05) is 7.05 Å². The van der Waals surface area contributed by atoms with Gasteiger partial charge in [0.1, 0.15) is 11.3 Å². The Kier molecular flexibility index (Phi) is 6.22. The van der Waals surface area contributed by atoms with E-state index in [1.165, 1.54) is 0 Å². The van der Waals surface area contributed by atoms with E-state index in [0.29, 0.717) is 0 Å². The first kappa shape index (κ1) is 16.2. The highest BCUT2D eigenvalue weighted by Gasteiger charge is 2.27. The molecule has 1 atom stereocenters. The molecule has 20 heavy (non-hydrogen) atoms. The van der Waals surface area contributed by atoms with Gasteiger partial charge in [0.25, 0.3) is 0 Å². The van der Waals surface area contributed by atoms with Gasteiger partial charge in [0.05, 0.1) is 0 Å². The fraction of sp³-hybridized carbons (Fsp3) is 0.500. The fourth-order valence-corrected chi connectivity index (χ4v) is 2.24. The third-order valence-electron chi connectivity index (χ3n) is 3.51. The van der Waals surface area contributed by atoms with Crippen LogP contribution in [0.4, 0.5) is 0 Å².